The Balaban J connectivity index is 0.000000106. The van der Waals surface area contributed by atoms with Crippen molar-refractivity contribution in [1.82, 2.24) is 0 Å². The van der Waals surface area contributed by atoms with Gasteiger partial charge in [-0.3, -0.25) is 0 Å². The fourth-order valence-corrected chi connectivity index (χ4v) is 8.06. The molecule has 2 fully saturated rings. The van der Waals surface area contributed by atoms with Crippen LogP contribution in [0, 0.1) is 41.4 Å². The SMILES string of the molecule is C1=CC2CC1C1Cc3ccccc3C21.C1=CC2CC1C1Cc3ccccc3CC21. The van der Waals surface area contributed by atoms with Gasteiger partial charge >= 0.3 is 0 Å². The van der Waals surface area contributed by atoms with Crippen LogP contribution in [-0.4, -0.2) is 0 Å². The molecule has 0 heteroatoms. The van der Waals surface area contributed by atoms with E-state index in [1.54, 1.807) is 22.3 Å². The highest BCUT2D eigenvalue weighted by Gasteiger charge is 2.49. The van der Waals surface area contributed by atoms with Crippen LogP contribution >= 0.6 is 0 Å². The number of hydrogen-bond acceptors (Lipinski definition) is 0. The van der Waals surface area contributed by atoms with Crippen molar-refractivity contribution in [3.8, 4) is 0 Å². The molecular weight excluding hydrogens is 348 g/mol. The van der Waals surface area contributed by atoms with Crippen LogP contribution in [0.4, 0.5) is 0 Å². The number of fused-ring (bicyclic) bond motifs is 13. The van der Waals surface area contributed by atoms with E-state index in [9.17, 15) is 0 Å². The van der Waals surface area contributed by atoms with Crippen molar-refractivity contribution in [3.63, 3.8) is 0 Å². The summed E-state index contributed by atoms with van der Waals surface area (Å²) in [7, 11) is 0. The zero-order valence-corrected chi connectivity index (χ0v) is 17.1. The molecule has 146 valence electrons. The van der Waals surface area contributed by atoms with Crippen molar-refractivity contribution >= 4 is 0 Å². The largest absolute Gasteiger partial charge is 0.0848 e. The van der Waals surface area contributed by atoms with Crippen LogP contribution in [0.25, 0.3) is 0 Å². The third kappa shape index (κ3) is 2.44. The van der Waals surface area contributed by atoms with E-state index in [2.05, 4.69) is 72.8 Å². The molecule has 0 nitrogen and oxygen atoms in total. The smallest absolute Gasteiger partial charge is 0.00589 e. The van der Waals surface area contributed by atoms with E-state index in [0.29, 0.717) is 0 Å². The average molecular weight is 379 g/mol. The molecule has 0 aromatic heterocycles. The molecule has 6 aliphatic rings. The summed E-state index contributed by atoms with van der Waals surface area (Å²) < 4.78 is 0. The highest BCUT2D eigenvalue weighted by Crippen LogP contribution is 2.58. The van der Waals surface area contributed by atoms with Gasteiger partial charge in [0.15, 0.2) is 0 Å². The summed E-state index contributed by atoms with van der Waals surface area (Å²) >= 11 is 0. The molecule has 0 saturated heterocycles. The van der Waals surface area contributed by atoms with Crippen LogP contribution in [-0.2, 0) is 19.3 Å². The molecule has 0 N–H and O–H groups in total. The van der Waals surface area contributed by atoms with Crippen molar-refractivity contribution in [2.75, 3.05) is 0 Å². The van der Waals surface area contributed by atoms with Gasteiger partial charge in [-0.25, -0.2) is 0 Å². The minimum absolute atomic E-state index is 0.869. The van der Waals surface area contributed by atoms with Gasteiger partial charge in [0.1, 0.15) is 0 Å². The zero-order valence-electron chi connectivity index (χ0n) is 17.1. The topological polar surface area (TPSA) is 0 Å². The maximum atomic E-state index is 2.49. The Labute approximate surface area is 174 Å². The first kappa shape index (κ1) is 16.7. The average Bonchev–Trinajstić information content (AvgIpc) is 3.57. The van der Waals surface area contributed by atoms with E-state index in [4.69, 9.17) is 0 Å². The molecule has 0 amide bonds. The van der Waals surface area contributed by atoms with Gasteiger partial charge in [-0.1, -0.05) is 72.8 Å². The lowest BCUT2D eigenvalue weighted by Gasteiger charge is -2.33. The van der Waals surface area contributed by atoms with Gasteiger partial charge in [0, 0.05) is 0 Å². The molecule has 0 radical (unpaired) electrons. The standard InChI is InChI=1S/C15H16.C14H14/c1-2-4-11-9-15-13-6-5-12(7-13)14(15)8-10(11)3-1;1-2-4-12-9(3-1)8-13-10-5-6-11(7-10)14(12)13/h1-6,12-15H,7-9H2;1-6,10-11,13-14H,7-8H2. The Morgan fingerprint density at radius 3 is 1.66 bits per heavy atom. The van der Waals surface area contributed by atoms with Crippen LogP contribution < -0.4 is 0 Å². The van der Waals surface area contributed by atoms with Crippen LogP contribution in [0.1, 0.15) is 41.0 Å². The third-order valence-electron chi connectivity index (χ3n) is 9.32. The van der Waals surface area contributed by atoms with E-state index in [1.807, 2.05) is 0 Å². The Kier molecular flexibility index (Phi) is 3.57. The van der Waals surface area contributed by atoms with Gasteiger partial charge in [-0.2, -0.15) is 0 Å². The molecule has 29 heavy (non-hydrogen) atoms. The number of rotatable bonds is 0. The Bertz CT molecular complexity index is 971. The molecule has 6 aliphatic carbocycles. The van der Waals surface area contributed by atoms with Gasteiger partial charge in [0.05, 0.1) is 0 Å². The predicted molar refractivity (Wildman–Crippen MR) is 119 cm³/mol. The van der Waals surface area contributed by atoms with Crippen molar-refractivity contribution in [2.45, 2.75) is 38.0 Å². The van der Waals surface area contributed by atoms with Crippen molar-refractivity contribution in [3.05, 3.63) is 95.1 Å². The summed E-state index contributed by atoms with van der Waals surface area (Å²) in [5, 5.41) is 0. The minimum atomic E-state index is 0.869. The second-order valence-electron chi connectivity index (χ2n) is 10.5. The molecule has 8 atom stereocenters. The van der Waals surface area contributed by atoms with Gasteiger partial charge in [0.25, 0.3) is 0 Å². The second kappa shape index (κ2) is 6.21. The van der Waals surface area contributed by atoms with Crippen molar-refractivity contribution < 1.29 is 0 Å². The Morgan fingerprint density at radius 1 is 0.483 bits per heavy atom. The zero-order chi connectivity index (χ0) is 18.9. The van der Waals surface area contributed by atoms with Crippen LogP contribution in [0.15, 0.2) is 72.8 Å². The summed E-state index contributed by atoms with van der Waals surface area (Å²) in [4.78, 5) is 0. The minimum Gasteiger partial charge on any atom is -0.0848 e. The van der Waals surface area contributed by atoms with E-state index in [1.165, 1.54) is 32.1 Å². The fraction of sp³-hybridized carbons (Fsp3) is 0.448. The monoisotopic (exact) mass is 378 g/mol. The summed E-state index contributed by atoms with van der Waals surface area (Å²) in [6, 6.07) is 18.1. The van der Waals surface area contributed by atoms with E-state index >= 15 is 0 Å². The van der Waals surface area contributed by atoms with Crippen molar-refractivity contribution in [2.24, 2.45) is 41.4 Å². The maximum absolute atomic E-state index is 2.49. The summed E-state index contributed by atoms with van der Waals surface area (Å²) in [6.07, 6.45) is 16.8. The Morgan fingerprint density at radius 2 is 0.966 bits per heavy atom. The predicted octanol–water partition coefficient (Wildman–Crippen LogP) is 6.37. The third-order valence-corrected chi connectivity index (χ3v) is 9.32. The highest BCUT2D eigenvalue weighted by atomic mass is 14.5. The summed E-state index contributed by atoms with van der Waals surface area (Å²) in [5.41, 5.74) is 6.54. The molecule has 0 heterocycles. The maximum Gasteiger partial charge on any atom is -0.00589 e. The molecule has 0 spiro atoms. The van der Waals surface area contributed by atoms with E-state index in [0.717, 1.165) is 47.3 Å². The lowest BCUT2D eigenvalue weighted by molar-refractivity contribution is 0.288. The molecule has 2 aromatic carbocycles. The van der Waals surface area contributed by atoms with E-state index in [-0.39, 0.29) is 0 Å². The second-order valence-corrected chi connectivity index (χ2v) is 10.5. The van der Waals surface area contributed by atoms with Crippen LogP contribution in [0.2, 0.25) is 0 Å². The van der Waals surface area contributed by atoms with Gasteiger partial charge < -0.3 is 0 Å². The van der Waals surface area contributed by atoms with Crippen LogP contribution in [0.5, 0.6) is 0 Å². The summed E-state index contributed by atoms with van der Waals surface area (Å²) in [6.45, 7) is 0. The molecule has 2 saturated carbocycles. The van der Waals surface area contributed by atoms with Crippen molar-refractivity contribution in [1.29, 1.82) is 0 Å². The Hall–Kier alpha value is -2.08. The number of allylic oxidation sites excluding steroid dienone is 4. The molecule has 8 rings (SSSR count). The number of benzene rings is 2. The van der Waals surface area contributed by atoms with Gasteiger partial charge in [0.2, 0.25) is 0 Å². The van der Waals surface area contributed by atoms with E-state index < -0.39 is 0 Å². The first-order valence-electron chi connectivity index (χ1n) is 11.9. The molecule has 0 aliphatic heterocycles. The van der Waals surface area contributed by atoms with Gasteiger partial charge in [-0.05, 0) is 102 Å². The molecule has 4 bridgehead atoms. The first-order chi connectivity index (χ1) is 14.3. The quantitative estimate of drug-likeness (QED) is 0.467. The fourth-order valence-electron chi connectivity index (χ4n) is 8.06. The highest BCUT2D eigenvalue weighted by molar-refractivity contribution is 5.41. The molecule has 2 aromatic rings. The van der Waals surface area contributed by atoms with Crippen LogP contribution in [0.3, 0.4) is 0 Å². The lowest BCUT2D eigenvalue weighted by atomic mass is 9.71. The first-order valence-corrected chi connectivity index (χ1v) is 11.9. The molecular formula is C29H30. The summed E-state index contributed by atoms with van der Waals surface area (Å²) in [5.74, 6) is 7.35. The lowest BCUT2D eigenvalue weighted by Crippen LogP contribution is -2.28. The normalized spacial score (nSPS) is 40.8. The van der Waals surface area contributed by atoms with Gasteiger partial charge in [-0.15, -0.1) is 0 Å². The molecule has 8 unspecified atom stereocenters. The number of hydrogen-bond donors (Lipinski definition) is 0.